The van der Waals surface area contributed by atoms with E-state index in [4.69, 9.17) is 5.73 Å². The SMILES string of the molecule is NC(=NCCSC(F)(F)F)C1CCCC1. The number of thioether (sulfide) groups is 1. The molecule has 0 bridgehead atoms. The van der Waals surface area contributed by atoms with Crippen molar-refractivity contribution in [3.05, 3.63) is 0 Å². The van der Waals surface area contributed by atoms with Gasteiger partial charge in [0.25, 0.3) is 0 Å². The highest BCUT2D eigenvalue weighted by Gasteiger charge is 2.27. The lowest BCUT2D eigenvalue weighted by Crippen LogP contribution is -2.22. The molecule has 0 heterocycles. The van der Waals surface area contributed by atoms with Crippen LogP contribution in [0.3, 0.4) is 0 Å². The van der Waals surface area contributed by atoms with Gasteiger partial charge in [-0.1, -0.05) is 12.8 Å². The molecule has 0 aliphatic heterocycles. The standard InChI is InChI=1S/C9H15F3N2S/c10-9(11,12)15-6-5-14-8(13)7-3-1-2-4-7/h7H,1-6H2,(H2,13,14). The van der Waals surface area contributed by atoms with E-state index in [1.807, 2.05) is 0 Å². The van der Waals surface area contributed by atoms with Crippen LogP contribution in [0.25, 0.3) is 0 Å². The molecule has 1 fully saturated rings. The number of hydrogen-bond acceptors (Lipinski definition) is 2. The molecule has 2 N–H and O–H groups in total. The van der Waals surface area contributed by atoms with Gasteiger partial charge in [-0.3, -0.25) is 4.99 Å². The second kappa shape index (κ2) is 5.63. The Morgan fingerprint density at radius 3 is 2.47 bits per heavy atom. The Morgan fingerprint density at radius 1 is 1.33 bits per heavy atom. The Bertz CT molecular complexity index is 222. The average Bonchev–Trinajstić information content (AvgIpc) is 2.63. The van der Waals surface area contributed by atoms with Crippen molar-refractivity contribution in [2.45, 2.75) is 31.2 Å². The number of hydrogen-bond donors (Lipinski definition) is 1. The Balaban J connectivity index is 2.19. The van der Waals surface area contributed by atoms with Crippen molar-refractivity contribution < 1.29 is 13.2 Å². The first-order valence-corrected chi connectivity index (χ1v) is 5.98. The number of nitrogens with zero attached hydrogens (tertiary/aromatic N) is 1. The summed E-state index contributed by atoms with van der Waals surface area (Å²) in [4.78, 5) is 3.98. The van der Waals surface area contributed by atoms with Gasteiger partial charge in [0.15, 0.2) is 0 Å². The average molecular weight is 240 g/mol. The topological polar surface area (TPSA) is 38.4 Å². The molecule has 0 aromatic rings. The molecule has 0 aromatic carbocycles. The smallest absolute Gasteiger partial charge is 0.387 e. The van der Waals surface area contributed by atoms with Gasteiger partial charge in [0.05, 0.1) is 12.4 Å². The van der Waals surface area contributed by atoms with Crippen molar-refractivity contribution in [2.24, 2.45) is 16.6 Å². The maximum atomic E-state index is 11.8. The van der Waals surface area contributed by atoms with E-state index in [1.54, 1.807) is 0 Å². The van der Waals surface area contributed by atoms with Gasteiger partial charge >= 0.3 is 5.51 Å². The zero-order chi connectivity index (χ0) is 11.3. The molecule has 15 heavy (non-hydrogen) atoms. The first kappa shape index (κ1) is 12.7. The van der Waals surface area contributed by atoms with Gasteiger partial charge in [0, 0.05) is 11.7 Å². The molecule has 1 aliphatic carbocycles. The van der Waals surface area contributed by atoms with Gasteiger partial charge in [0.2, 0.25) is 0 Å². The minimum Gasteiger partial charge on any atom is -0.387 e. The third-order valence-corrected chi connectivity index (χ3v) is 3.14. The molecule has 1 rings (SSSR count). The van der Waals surface area contributed by atoms with E-state index >= 15 is 0 Å². The van der Waals surface area contributed by atoms with Crippen LogP contribution >= 0.6 is 11.8 Å². The molecule has 2 nitrogen and oxygen atoms in total. The van der Waals surface area contributed by atoms with Crippen molar-refractivity contribution in [3.63, 3.8) is 0 Å². The predicted octanol–water partition coefficient (Wildman–Crippen LogP) is 2.79. The van der Waals surface area contributed by atoms with Crippen LogP contribution in [0.4, 0.5) is 13.2 Å². The van der Waals surface area contributed by atoms with E-state index in [-0.39, 0.29) is 24.1 Å². The van der Waals surface area contributed by atoms with Gasteiger partial charge in [-0.25, -0.2) is 0 Å². The summed E-state index contributed by atoms with van der Waals surface area (Å²) in [5.41, 5.74) is 1.53. The first-order chi connectivity index (χ1) is 6.99. The summed E-state index contributed by atoms with van der Waals surface area (Å²) in [5.74, 6) is 0.799. The molecular weight excluding hydrogens is 225 g/mol. The molecular formula is C9H15F3N2S. The predicted molar refractivity (Wildman–Crippen MR) is 57.0 cm³/mol. The number of amidine groups is 1. The fourth-order valence-electron chi connectivity index (χ4n) is 1.69. The molecule has 1 aliphatic rings. The van der Waals surface area contributed by atoms with Crippen LogP contribution < -0.4 is 5.73 Å². The minimum absolute atomic E-state index is 0.0445. The van der Waals surface area contributed by atoms with E-state index in [0.717, 1.165) is 25.7 Å². The van der Waals surface area contributed by atoms with Crippen LogP contribution in [0.5, 0.6) is 0 Å². The quantitative estimate of drug-likeness (QED) is 0.466. The van der Waals surface area contributed by atoms with Gasteiger partial charge in [-0.2, -0.15) is 13.2 Å². The summed E-state index contributed by atoms with van der Waals surface area (Å²) in [7, 11) is 0. The fraction of sp³-hybridized carbons (Fsp3) is 0.889. The van der Waals surface area contributed by atoms with Crippen molar-refractivity contribution in [1.29, 1.82) is 0 Å². The summed E-state index contributed by atoms with van der Waals surface area (Å²) in [6.45, 7) is 0.159. The second-order valence-corrected chi connectivity index (χ2v) is 4.74. The van der Waals surface area contributed by atoms with Gasteiger partial charge in [-0.15, -0.1) is 0 Å². The number of alkyl halides is 3. The van der Waals surface area contributed by atoms with Crippen LogP contribution in [0.1, 0.15) is 25.7 Å². The number of rotatable bonds is 4. The van der Waals surface area contributed by atoms with Gasteiger partial charge in [0.1, 0.15) is 0 Å². The molecule has 0 spiro atoms. The van der Waals surface area contributed by atoms with E-state index in [0.29, 0.717) is 11.8 Å². The second-order valence-electron chi connectivity index (χ2n) is 3.58. The molecule has 6 heteroatoms. The van der Waals surface area contributed by atoms with Crippen LogP contribution in [-0.2, 0) is 0 Å². The summed E-state index contributed by atoms with van der Waals surface area (Å²) >= 11 is -0.0445. The van der Waals surface area contributed by atoms with E-state index < -0.39 is 5.51 Å². The fourth-order valence-corrected chi connectivity index (χ4v) is 2.10. The molecule has 0 aromatic heterocycles. The molecule has 0 radical (unpaired) electrons. The number of aliphatic imine (C=N–C) groups is 1. The van der Waals surface area contributed by atoms with E-state index in [1.165, 1.54) is 0 Å². The van der Waals surface area contributed by atoms with E-state index in [9.17, 15) is 13.2 Å². The lowest BCUT2D eigenvalue weighted by atomic mass is 10.1. The Kier molecular flexibility index (Phi) is 4.76. The summed E-state index contributed by atoms with van der Waals surface area (Å²) < 4.78 is 35.3. The largest absolute Gasteiger partial charge is 0.441 e. The summed E-state index contributed by atoms with van der Waals surface area (Å²) in [6, 6.07) is 0. The molecule has 0 amide bonds. The monoisotopic (exact) mass is 240 g/mol. The summed E-state index contributed by atoms with van der Waals surface area (Å²) in [5, 5.41) is 0. The highest BCUT2D eigenvalue weighted by Crippen LogP contribution is 2.29. The van der Waals surface area contributed by atoms with Crippen LogP contribution in [0, 0.1) is 5.92 Å². The van der Waals surface area contributed by atoms with Crippen LogP contribution in [0.15, 0.2) is 4.99 Å². The first-order valence-electron chi connectivity index (χ1n) is 4.99. The zero-order valence-corrected chi connectivity index (χ0v) is 9.20. The maximum Gasteiger partial charge on any atom is 0.441 e. The number of nitrogens with two attached hydrogens (primary N) is 1. The lowest BCUT2D eigenvalue weighted by Gasteiger charge is -2.08. The highest BCUT2D eigenvalue weighted by atomic mass is 32.2. The van der Waals surface area contributed by atoms with Crippen LogP contribution in [0.2, 0.25) is 0 Å². The lowest BCUT2D eigenvalue weighted by molar-refractivity contribution is -0.0327. The Morgan fingerprint density at radius 2 is 1.93 bits per heavy atom. The van der Waals surface area contributed by atoms with Crippen molar-refractivity contribution in [1.82, 2.24) is 0 Å². The molecule has 0 unspecified atom stereocenters. The molecule has 0 saturated heterocycles. The third kappa shape index (κ3) is 5.30. The van der Waals surface area contributed by atoms with Crippen LogP contribution in [-0.4, -0.2) is 23.6 Å². The van der Waals surface area contributed by atoms with Gasteiger partial charge < -0.3 is 5.73 Å². The van der Waals surface area contributed by atoms with Crippen molar-refractivity contribution in [3.8, 4) is 0 Å². The van der Waals surface area contributed by atoms with Crippen molar-refractivity contribution >= 4 is 17.6 Å². The highest BCUT2D eigenvalue weighted by molar-refractivity contribution is 8.00. The number of halogens is 3. The summed E-state index contributed by atoms with van der Waals surface area (Å²) in [6.07, 6.45) is 4.36. The van der Waals surface area contributed by atoms with Gasteiger partial charge in [-0.05, 0) is 24.6 Å². The minimum atomic E-state index is -4.16. The maximum absolute atomic E-state index is 11.8. The van der Waals surface area contributed by atoms with E-state index in [2.05, 4.69) is 4.99 Å². The third-order valence-electron chi connectivity index (χ3n) is 2.42. The molecule has 88 valence electrons. The normalized spacial score (nSPS) is 19.8. The Hall–Kier alpha value is -0.390. The molecule has 1 saturated carbocycles. The van der Waals surface area contributed by atoms with Crippen molar-refractivity contribution in [2.75, 3.05) is 12.3 Å². The zero-order valence-electron chi connectivity index (χ0n) is 8.39. The molecule has 0 atom stereocenters. The Labute approximate surface area is 91.5 Å².